The second-order valence-corrected chi connectivity index (χ2v) is 10.0. The minimum atomic E-state index is -5.30. The lowest BCUT2D eigenvalue weighted by molar-refractivity contribution is -0.274. The van der Waals surface area contributed by atoms with Gasteiger partial charge in [-0.25, -0.2) is 8.37 Å². The second kappa shape index (κ2) is 12.1. The van der Waals surface area contributed by atoms with Gasteiger partial charge in [0.15, 0.2) is 6.29 Å². The SMILES string of the molecule is O=S(=O)(O)N[C@H]1[C@@H](OCCO)O[C@H](COS(=O)(=O)O)[C@@H](OCc2ccccc2)[C@@H]1OS(=O)(=O)O. The topological polar surface area (TPSA) is 242 Å². The minimum absolute atomic E-state index is 0.274. The van der Waals surface area contributed by atoms with Gasteiger partial charge in [-0.05, 0) is 5.56 Å². The van der Waals surface area contributed by atoms with E-state index in [0.29, 0.717) is 5.56 Å². The summed E-state index contributed by atoms with van der Waals surface area (Å²) in [6.45, 7) is -2.37. The highest BCUT2D eigenvalue weighted by Gasteiger charge is 2.51. The predicted molar refractivity (Wildman–Crippen MR) is 109 cm³/mol. The fourth-order valence-corrected chi connectivity index (χ4v) is 4.43. The molecule has 0 bridgehead atoms. The first kappa shape index (κ1) is 28.9. The molecule has 16 nitrogen and oxygen atoms in total. The van der Waals surface area contributed by atoms with E-state index in [1.807, 2.05) is 0 Å². The van der Waals surface area contributed by atoms with Crippen LogP contribution in [0.2, 0.25) is 0 Å². The number of aliphatic hydroxyl groups is 1. The van der Waals surface area contributed by atoms with E-state index < -0.39 is 81.6 Å². The highest BCUT2D eigenvalue weighted by molar-refractivity contribution is 7.83. The van der Waals surface area contributed by atoms with Crippen LogP contribution in [0.5, 0.6) is 0 Å². The predicted octanol–water partition coefficient (Wildman–Crippen LogP) is -1.93. The van der Waals surface area contributed by atoms with Gasteiger partial charge in [0.1, 0.15) is 24.4 Å². The van der Waals surface area contributed by atoms with Crippen LogP contribution in [0.1, 0.15) is 5.56 Å². The van der Waals surface area contributed by atoms with Crippen molar-refractivity contribution in [1.29, 1.82) is 0 Å². The number of rotatable bonds is 13. The van der Waals surface area contributed by atoms with E-state index in [0.717, 1.165) is 0 Å². The number of benzene rings is 1. The molecule has 1 fully saturated rings. The lowest BCUT2D eigenvalue weighted by Gasteiger charge is -2.44. The van der Waals surface area contributed by atoms with Gasteiger partial charge >= 0.3 is 31.1 Å². The summed E-state index contributed by atoms with van der Waals surface area (Å²) in [6.07, 6.45) is -7.17. The quantitative estimate of drug-likeness (QED) is 0.167. The van der Waals surface area contributed by atoms with Crippen molar-refractivity contribution in [3.05, 3.63) is 35.9 Å². The van der Waals surface area contributed by atoms with Gasteiger partial charge < -0.3 is 19.3 Å². The molecule has 2 rings (SSSR count). The van der Waals surface area contributed by atoms with Crippen LogP contribution in [0.4, 0.5) is 0 Å². The molecule has 5 N–H and O–H groups in total. The van der Waals surface area contributed by atoms with Crippen LogP contribution in [0.3, 0.4) is 0 Å². The van der Waals surface area contributed by atoms with E-state index in [-0.39, 0.29) is 6.61 Å². The largest absolute Gasteiger partial charge is 0.397 e. The zero-order valence-electron chi connectivity index (χ0n) is 17.1. The van der Waals surface area contributed by atoms with Gasteiger partial charge in [0.05, 0.1) is 26.4 Å². The maximum Gasteiger partial charge on any atom is 0.397 e. The normalized spacial score (nSPS) is 26.4. The van der Waals surface area contributed by atoms with E-state index in [2.05, 4.69) is 8.37 Å². The van der Waals surface area contributed by atoms with Gasteiger partial charge in [0.2, 0.25) is 0 Å². The molecular weight excluding hydrogens is 530 g/mol. The Morgan fingerprint density at radius 2 is 1.56 bits per heavy atom. The molecule has 34 heavy (non-hydrogen) atoms. The van der Waals surface area contributed by atoms with Crippen molar-refractivity contribution in [3.63, 3.8) is 0 Å². The third-order valence-electron chi connectivity index (χ3n) is 4.20. The molecule has 1 aliphatic heterocycles. The Morgan fingerprint density at radius 1 is 0.912 bits per heavy atom. The third kappa shape index (κ3) is 10.1. The van der Waals surface area contributed by atoms with E-state index >= 15 is 0 Å². The molecule has 0 unspecified atom stereocenters. The molecule has 0 aromatic heterocycles. The van der Waals surface area contributed by atoms with E-state index in [9.17, 15) is 34.4 Å². The molecule has 1 heterocycles. The molecular formula is C15H23NO15S3. The van der Waals surface area contributed by atoms with E-state index in [1.54, 1.807) is 35.1 Å². The summed E-state index contributed by atoms with van der Waals surface area (Å²) >= 11 is 0. The van der Waals surface area contributed by atoms with Crippen LogP contribution in [0.25, 0.3) is 0 Å². The van der Waals surface area contributed by atoms with Crippen LogP contribution in [-0.2, 0) is 60.3 Å². The zero-order chi connectivity index (χ0) is 25.6. The van der Waals surface area contributed by atoms with Crippen molar-refractivity contribution in [2.24, 2.45) is 0 Å². The van der Waals surface area contributed by atoms with Gasteiger partial charge in [-0.2, -0.15) is 30.0 Å². The summed E-state index contributed by atoms with van der Waals surface area (Å²) in [5.74, 6) is 0. The molecule has 0 aliphatic carbocycles. The lowest BCUT2D eigenvalue weighted by atomic mass is 9.97. The summed E-state index contributed by atoms with van der Waals surface area (Å²) in [5.41, 5.74) is 0.528. The molecule has 19 heteroatoms. The maximum atomic E-state index is 11.5. The summed E-state index contributed by atoms with van der Waals surface area (Å²) in [6, 6.07) is 6.27. The first-order chi connectivity index (χ1) is 15.7. The lowest BCUT2D eigenvalue weighted by Crippen LogP contribution is -2.66. The molecule has 0 spiro atoms. The van der Waals surface area contributed by atoms with Gasteiger partial charge in [-0.15, -0.1) is 0 Å². The average Bonchev–Trinajstić information content (AvgIpc) is 2.70. The minimum Gasteiger partial charge on any atom is -0.394 e. The highest BCUT2D eigenvalue weighted by Crippen LogP contribution is 2.29. The number of hydrogen-bond acceptors (Lipinski definition) is 12. The molecule has 1 aromatic carbocycles. The zero-order valence-corrected chi connectivity index (χ0v) is 19.6. The molecule has 1 aromatic rings. The number of aliphatic hydroxyl groups excluding tert-OH is 1. The van der Waals surface area contributed by atoms with Crippen LogP contribution < -0.4 is 4.72 Å². The molecule has 5 atom stereocenters. The van der Waals surface area contributed by atoms with Crippen LogP contribution in [0, 0.1) is 0 Å². The third-order valence-corrected chi connectivity index (χ3v) is 5.67. The van der Waals surface area contributed by atoms with Crippen molar-refractivity contribution in [2.75, 3.05) is 19.8 Å². The van der Waals surface area contributed by atoms with E-state index in [4.69, 9.17) is 23.9 Å². The summed E-state index contributed by atoms with van der Waals surface area (Å²) in [7, 11) is -15.4. The van der Waals surface area contributed by atoms with Gasteiger partial charge in [0, 0.05) is 0 Å². The van der Waals surface area contributed by atoms with E-state index in [1.165, 1.54) is 0 Å². The summed E-state index contributed by atoms with van der Waals surface area (Å²) in [5, 5.41) is 9.01. The monoisotopic (exact) mass is 553 g/mol. The maximum absolute atomic E-state index is 11.5. The van der Waals surface area contributed by atoms with Crippen molar-refractivity contribution in [3.8, 4) is 0 Å². The van der Waals surface area contributed by atoms with Crippen molar-refractivity contribution < 1.29 is 66.6 Å². The van der Waals surface area contributed by atoms with Crippen LogP contribution >= 0.6 is 0 Å². The smallest absolute Gasteiger partial charge is 0.394 e. The Bertz CT molecular complexity index is 1090. The molecule has 1 aliphatic rings. The number of hydrogen-bond donors (Lipinski definition) is 5. The Morgan fingerprint density at radius 3 is 2.09 bits per heavy atom. The van der Waals surface area contributed by atoms with Crippen molar-refractivity contribution in [2.45, 2.75) is 37.3 Å². The number of nitrogens with one attached hydrogen (secondary N) is 1. The van der Waals surface area contributed by atoms with Crippen LogP contribution in [-0.4, -0.2) is 94.5 Å². The van der Waals surface area contributed by atoms with Crippen LogP contribution in [0.15, 0.2) is 30.3 Å². The first-order valence-electron chi connectivity index (χ1n) is 9.24. The van der Waals surface area contributed by atoms with Gasteiger partial charge in [-0.1, -0.05) is 30.3 Å². The summed E-state index contributed by atoms with van der Waals surface area (Å²) < 4.78 is 122. The van der Waals surface area contributed by atoms with Gasteiger partial charge in [0.25, 0.3) is 0 Å². The Labute approximate surface area is 195 Å². The Hall–Kier alpha value is -1.33. The molecule has 0 radical (unpaired) electrons. The highest BCUT2D eigenvalue weighted by atomic mass is 32.3. The standard InChI is InChI=1S/C15H23NO15S3/c17-6-7-27-15-12(16-32(18,19)20)14(31-34(24,25)26)13(11(30-15)9-29-33(21,22)23)28-8-10-4-2-1-3-5-10/h1-5,11-17H,6-9H2,(H,18,19,20)(H,21,22,23)(H,24,25,26)/t11-,12-,13-,14-,15+/m1/s1. The number of ether oxygens (including phenoxy) is 3. The fraction of sp³-hybridized carbons (Fsp3) is 0.600. The second-order valence-electron chi connectivity index (χ2n) is 6.72. The average molecular weight is 554 g/mol. The fourth-order valence-electron chi connectivity index (χ4n) is 3.02. The van der Waals surface area contributed by atoms with Gasteiger partial charge in [-0.3, -0.25) is 13.7 Å². The first-order valence-corrected chi connectivity index (χ1v) is 13.4. The van der Waals surface area contributed by atoms with Crippen molar-refractivity contribution in [1.82, 2.24) is 4.72 Å². The molecule has 196 valence electrons. The Kier molecular flexibility index (Phi) is 10.3. The molecule has 0 amide bonds. The Balaban J connectivity index is 2.48. The molecule has 0 saturated carbocycles. The molecule has 1 saturated heterocycles. The summed E-state index contributed by atoms with van der Waals surface area (Å²) in [4.78, 5) is 0. The van der Waals surface area contributed by atoms with Crippen molar-refractivity contribution >= 4 is 31.1 Å².